The number of nitrogens with zero attached hydrogens (tertiary/aromatic N) is 1. The van der Waals surface area contributed by atoms with Crippen molar-refractivity contribution >= 4 is 29.7 Å². The van der Waals surface area contributed by atoms with Gasteiger partial charge in [-0.15, -0.1) is 0 Å². The molecule has 9 N–H and O–H groups in total. The molecule has 0 saturated heterocycles. The molecule has 3 amide bonds. The van der Waals surface area contributed by atoms with Crippen LogP contribution in [0.25, 0.3) is 0 Å². The highest BCUT2D eigenvalue weighted by atomic mass is 16.4. The predicted molar refractivity (Wildman–Crippen MR) is 153 cm³/mol. The van der Waals surface area contributed by atoms with Gasteiger partial charge < -0.3 is 42.0 Å². The molecule has 4 unspecified atom stereocenters. The molecule has 1 aromatic heterocycles. The van der Waals surface area contributed by atoms with E-state index in [0.29, 0.717) is 16.8 Å². The third kappa shape index (κ3) is 10.6. The van der Waals surface area contributed by atoms with Crippen molar-refractivity contribution in [2.24, 2.45) is 5.73 Å². The number of amides is 3. The highest BCUT2D eigenvalue weighted by Crippen LogP contribution is 2.13. The molecule has 14 nitrogen and oxygen atoms in total. The standard InChI is InChI=1S/C29H34N6O8/c30-21(10-11-25(37)38)26(39)33-22(12-18-6-8-20(36)9-7-18)27(40)34-23(14-19-15-31-16-32-19)28(41)35-24(29(42)43)13-17-4-2-1-3-5-17/h1-9,15-16,21-24,36H,10-14,30H2,(H,31,32)(H,33,39)(H,34,40)(H,35,41)(H,37,38)(H,42,43). The SMILES string of the molecule is NC(CCC(=O)O)C(=O)NC(Cc1ccc(O)cc1)C(=O)NC(Cc1cnc[nH]1)C(=O)NC(Cc1ccccc1)C(=O)O. The average Bonchev–Trinajstić information content (AvgIpc) is 3.49. The van der Waals surface area contributed by atoms with Crippen molar-refractivity contribution in [2.45, 2.75) is 56.3 Å². The van der Waals surface area contributed by atoms with Crippen molar-refractivity contribution in [1.82, 2.24) is 25.9 Å². The third-order valence-corrected chi connectivity index (χ3v) is 6.52. The number of hydrogen-bond donors (Lipinski definition) is 8. The summed E-state index contributed by atoms with van der Waals surface area (Å²) in [6.07, 6.45) is 2.17. The molecule has 3 rings (SSSR count). The first-order valence-corrected chi connectivity index (χ1v) is 13.4. The van der Waals surface area contributed by atoms with Gasteiger partial charge in [-0.2, -0.15) is 0 Å². The number of aromatic amines is 1. The summed E-state index contributed by atoms with van der Waals surface area (Å²) in [6, 6.07) is 9.56. The van der Waals surface area contributed by atoms with E-state index in [2.05, 4.69) is 25.9 Å². The van der Waals surface area contributed by atoms with Gasteiger partial charge in [-0.25, -0.2) is 9.78 Å². The molecule has 3 aromatic rings. The lowest BCUT2D eigenvalue weighted by atomic mass is 10.0. The summed E-state index contributed by atoms with van der Waals surface area (Å²) >= 11 is 0. The number of nitrogens with two attached hydrogens (primary N) is 1. The van der Waals surface area contributed by atoms with Crippen LogP contribution in [-0.4, -0.2) is 79.1 Å². The Hall–Kier alpha value is -5.24. The maximum Gasteiger partial charge on any atom is 0.326 e. The van der Waals surface area contributed by atoms with Crippen LogP contribution in [0, 0.1) is 0 Å². The summed E-state index contributed by atoms with van der Waals surface area (Å²) in [5, 5.41) is 35.9. The van der Waals surface area contributed by atoms with Gasteiger partial charge in [-0.05, 0) is 29.7 Å². The molecular formula is C29H34N6O8. The number of aliphatic carboxylic acids is 2. The molecule has 43 heavy (non-hydrogen) atoms. The number of phenolic OH excluding ortho intramolecular Hbond substituents is 1. The second-order valence-corrected chi connectivity index (χ2v) is 9.90. The van der Waals surface area contributed by atoms with Crippen molar-refractivity contribution in [3.63, 3.8) is 0 Å². The Morgan fingerprint density at radius 2 is 1.33 bits per heavy atom. The predicted octanol–water partition coefficient (Wildman–Crippen LogP) is -0.126. The minimum atomic E-state index is -1.30. The number of aromatic hydroxyl groups is 1. The Morgan fingerprint density at radius 3 is 1.91 bits per heavy atom. The maximum atomic E-state index is 13.6. The van der Waals surface area contributed by atoms with E-state index < -0.39 is 53.8 Å². The van der Waals surface area contributed by atoms with Crippen LogP contribution in [0.3, 0.4) is 0 Å². The number of carboxylic acid groups (broad SMARTS) is 2. The van der Waals surface area contributed by atoms with Gasteiger partial charge in [0.05, 0.1) is 12.4 Å². The number of carbonyl (C=O) groups excluding carboxylic acids is 3. The van der Waals surface area contributed by atoms with Crippen molar-refractivity contribution in [2.75, 3.05) is 0 Å². The summed E-state index contributed by atoms with van der Waals surface area (Å²) in [5.41, 5.74) is 7.56. The fourth-order valence-electron chi connectivity index (χ4n) is 4.19. The van der Waals surface area contributed by atoms with Gasteiger partial charge in [-0.1, -0.05) is 42.5 Å². The second kappa shape index (κ2) is 15.7. The molecule has 0 radical (unpaired) electrons. The van der Waals surface area contributed by atoms with Crippen molar-refractivity contribution in [1.29, 1.82) is 0 Å². The van der Waals surface area contributed by atoms with Gasteiger partial charge in [0.1, 0.15) is 23.9 Å². The highest BCUT2D eigenvalue weighted by Gasteiger charge is 2.31. The molecule has 0 aliphatic rings. The van der Waals surface area contributed by atoms with Crippen LogP contribution < -0.4 is 21.7 Å². The smallest absolute Gasteiger partial charge is 0.326 e. The van der Waals surface area contributed by atoms with Gasteiger partial charge in [0.15, 0.2) is 0 Å². The molecule has 2 aromatic carbocycles. The fraction of sp³-hybridized carbons (Fsp3) is 0.310. The lowest BCUT2D eigenvalue weighted by molar-refractivity contribution is -0.142. The number of benzene rings is 2. The number of imidazole rings is 1. The zero-order valence-electron chi connectivity index (χ0n) is 23.1. The summed E-state index contributed by atoms with van der Waals surface area (Å²) in [6.45, 7) is 0. The zero-order chi connectivity index (χ0) is 31.4. The van der Waals surface area contributed by atoms with Gasteiger partial charge in [0.2, 0.25) is 17.7 Å². The minimum absolute atomic E-state index is 0.000400. The fourth-order valence-corrected chi connectivity index (χ4v) is 4.19. The van der Waals surface area contributed by atoms with Gasteiger partial charge in [0, 0.05) is 37.6 Å². The molecule has 0 bridgehead atoms. The maximum absolute atomic E-state index is 13.6. The first kappa shape index (κ1) is 32.3. The topological polar surface area (TPSA) is 237 Å². The summed E-state index contributed by atoms with van der Waals surface area (Å²) < 4.78 is 0. The second-order valence-electron chi connectivity index (χ2n) is 9.90. The third-order valence-electron chi connectivity index (χ3n) is 6.52. The van der Waals surface area contributed by atoms with E-state index in [9.17, 15) is 34.2 Å². The van der Waals surface area contributed by atoms with Gasteiger partial charge in [-0.3, -0.25) is 19.2 Å². The lowest BCUT2D eigenvalue weighted by Gasteiger charge is -2.25. The first-order valence-electron chi connectivity index (χ1n) is 13.4. The number of phenols is 1. The molecule has 4 atom stereocenters. The Balaban J connectivity index is 1.81. The largest absolute Gasteiger partial charge is 0.508 e. The number of H-pyrrole nitrogens is 1. The van der Waals surface area contributed by atoms with E-state index >= 15 is 0 Å². The molecule has 0 spiro atoms. The molecule has 1 heterocycles. The zero-order valence-corrected chi connectivity index (χ0v) is 23.1. The molecule has 0 saturated carbocycles. The van der Waals surface area contributed by atoms with Crippen molar-refractivity contribution in [3.8, 4) is 5.75 Å². The molecular weight excluding hydrogens is 560 g/mol. The van der Waals surface area contributed by atoms with Crippen LogP contribution in [0.1, 0.15) is 29.7 Å². The van der Waals surface area contributed by atoms with E-state index in [1.807, 2.05) is 0 Å². The number of nitrogens with one attached hydrogen (secondary N) is 4. The Labute approximate surface area is 246 Å². The minimum Gasteiger partial charge on any atom is -0.508 e. The normalized spacial score (nSPS) is 13.6. The van der Waals surface area contributed by atoms with Crippen LogP contribution in [0.15, 0.2) is 67.1 Å². The lowest BCUT2D eigenvalue weighted by Crippen LogP contribution is -2.58. The number of aromatic nitrogens is 2. The highest BCUT2D eigenvalue weighted by molar-refractivity contribution is 5.94. The Kier molecular flexibility index (Phi) is 11.8. The van der Waals surface area contributed by atoms with E-state index in [0.717, 1.165) is 0 Å². The number of carbonyl (C=O) groups is 5. The quantitative estimate of drug-likeness (QED) is 0.109. The number of carboxylic acids is 2. The molecule has 0 aliphatic heterocycles. The average molecular weight is 595 g/mol. The van der Waals surface area contributed by atoms with E-state index in [-0.39, 0.29) is 37.9 Å². The molecule has 0 fully saturated rings. The van der Waals surface area contributed by atoms with Gasteiger partial charge in [0.25, 0.3) is 0 Å². The molecule has 14 heteroatoms. The monoisotopic (exact) mass is 594 g/mol. The van der Waals surface area contributed by atoms with E-state index in [4.69, 9.17) is 10.8 Å². The Morgan fingerprint density at radius 1 is 0.767 bits per heavy atom. The van der Waals surface area contributed by atoms with Gasteiger partial charge >= 0.3 is 11.9 Å². The van der Waals surface area contributed by atoms with Crippen molar-refractivity contribution in [3.05, 3.63) is 83.9 Å². The summed E-state index contributed by atoms with van der Waals surface area (Å²) in [5.74, 6) is -4.74. The Bertz CT molecular complexity index is 1380. The van der Waals surface area contributed by atoms with E-state index in [1.54, 1.807) is 42.5 Å². The van der Waals surface area contributed by atoms with E-state index in [1.165, 1.54) is 24.7 Å². The summed E-state index contributed by atoms with van der Waals surface area (Å²) in [7, 11) is 0. The van der Waals surface area contributed by atoms with Crippen LogP contribution in [0.5, 0.6) is 5.75 Å². The number of hydrogen-bond acceptors (Lipinski definition) is 8. The van der Waals surface area contributed by atoms with Crippen LogP contribution in [0.4, 0.5) is 0 Å². The molecule has 0 aliphatic carbocycles. The number of rotatable bonds is 16. The van der Waals surface area contributed by atoms with Crippen molar-refractivity contribution < 1.29 is 39.3 Å². The van der Waals surface area contributed by atoms with Crippen LogP contribution in [-0.2, 0) is 43.2 Å². The first-order chi connectivity index (χ1) is 20.5. The van der Waals surface area contributed by atoms with Crippen LogP contribution >= 0.6 is 0 Å². The molecule has 228 valence electrons. The summed E-state index contributed by atoms with van der Waals surface area (Å²) in [4.78, 5) is 69.4. The van der Waals surface area contributed by atoms with Crippen LogP contribution in [0.2, 0.25) is 0 Å².